The summed E-state index contributed by atoms with van der Waals surface area (Å²) in [6.07, 6.45) is 43.7. The SMILES string of the molecule is CCCCCCCCCCCCCCCCC(=O)OC[C@H](COC(=O)CCCCCCCCCCCCC)OC(=O)CCCCCCCCCCCC(C)C. The number of carbonyl (C=O) groups excluding carboxylic acids is 3. The lowest BCUT2D eigenvalue weighted by molar-refractivity contribution is -0.167. The number of hydrogen-bond donors (Lipinski definition) is 0. The van der Waals surface area contributed by atoms with Crippen molar-refractivity contribution in [1.29, 1.82) is 0 Å². The summed E-state index contributed by atoms with van der Waals surface area (Å²) in [4.78, 5) is 37.8. The highest BCUT2D eigenvalue weighted by Gasteiger charge is 2.19. The Bertz CT molecular complexity index is 826. The molecular weight excluding hydrogens is 685 g/mol. The highest BCUT2D eigenvalue weighted by molar-refractivity contribution is 5.71. The maximum Gasteiger partial charge on any atom is 0.306 e. The topological polar surface area (TPSA) is 78.9 Å². The van der Waals surface area contributed by atoms with E-state index in [2.05, 4.69) is 27.7 Å². The molecule has 0 radical (unpaired) electrons. The van der Waals surface area contributed by atoms with Gasteiger partial charge in [0.05, 0.1) is 0 Å². The fourth-order valence-corrected chi connectivity index (χ4v) is 7.33. The van der Waals surface area contributed by atoms with Crippen LogP contribution in [0.2, 0.25) is 0 Å². The average molecular weight is 779 g/mol. The molecule has 0 amide bonds. The Balaban J connectivity index is 4.31. The molecule has 0 aromatic heterocycles. The predicted octanol–water partition coefficient (Wildman–Crippen LogP) is 15.5. The van der Waals surface area contributed by atoms with Crippen LogP contribution in [0.1, 0.15) is 272 Å². The van der Waals surface area contributed by atoms with Crippen LogP contribution in [0.5, 0.6) is 0 Å². The Kier molecular flexibility index (Phi) is 42.3. The molecule has 0 aliphatic heterocycles. The molecule has 0 saturated carbocycles. The Hall–Kier alpha value is -1.59. The van der Waals surface area contributed by atoms with Crippen molar-refractivity contribution in [2.24, 2.45) is 5.92 Å². The second kappa shape index (κ2) is 43.5. The first-order chi connectivity index (χ1) is 26.9. The molecule has 55 heavy (non-hydrogen) atoms. The normalized spacial score (nSPS) is 11.9. The Morgan fingerprint density at radius 1 is 0.345 bits per heavy atom. The Morgan fingerprint density at radius 2 is 0.600 bits per heavy atom. The van der Waals surface area contributed by atoms with Gasteiger partial charge in [0.25, 0.3) is 0 Å². The van der Waals surface area contributed by atoms with Crippen LogP contribution in [0, 0.1) is 5.92 Å². The molecule has 6 heteroatoms. The monoisotopic (exact) mass is 779 g/mol. The van der Waals surface area contributed by atoms with Gasteiger partial charge in [0.2, 0.25) is 0 Å². The fourth-order valence-electron chi connectivity index (χ4n) is 7.33. The van der Waals surface area contributed by atoms with Crippen molar-refractivity contribution in [1.82, 2.24) is 0 Å². The van der Waals surface area contributed by atoms with Gasteiger partial charge in [0, 0.05) is 19.3 Å². The standard InChI is InChI=1S/C49H94O6/c1-5-7-9-11-13-15-17-18-19-21-25-29-33-37-41-48(51)54-44-46(43-53-47(50)40-36-32-28-24-20-16-14-12-10-8-6-2)55-49(52)42-38-34-30-26-22-23-27-31-35-39-45(3)4/h45-46H,5-44H2,1-4H3/t46-/m0/s1. The van der Waals surface area contributed by atoms with Crippen LogP contribution in [-0.4, -0.2) is 37.2 Å². The molecule has 0 aromatic carbocycles. The van der Waals surface area contributed by atoms with Gasteiger partial charge in [-0.3, -0.25) is 14.4 Å². The molecule has 326 valence electrons. The number of unbranched alkanes of at least 4 members (excludes halogenated alkanes) is 31. The molecule has 0 spiro atoms. The van der Waals surface area contributed by atoms with E-state index in [0.29, 0.717) is 19.3 Å². The van der Waals surface area contributed by atoms with Gasteiger partial charge in [-0.15, -0.1) is 0 Å². The third kappa shape index (κ3) is 43.4. The minimum Gasteiger partial charge on any atom is -0.462 e. The van der Waals surface area contributed by atoms with Crippen LogP contribution in [-0.2, 0) is 28.6 Å². The Labute approximate surface area is 342 Å². The van der Waals surface area contributed by atoms with E-state index in [9.17, 15) is 14.4 Å². The van der Waals surface area contributed by atoms with Gasteiger partial charge in [-0.2, -0.15) is 0 Å². The van der Waals surface area contributed by atoms with Crippen molar-refractivity contribution in [2.75, 3.05) is 13.2 Å². The van der Waals surface area contributed by atoms with Crippen molar-refractivity contribution in [3.8, 4) is 0 Å². The van der Waals surface area contributed by atoms with E-state index in [1.807, 2.05) is 0 Å². The van der Waals surface area contributed by atoms with Gasteiger partial charge in [-0.05, 0) is 25.2 Å². The second-order valence-electron chi connectivity index (χ2n) is 17.2. The molecule has 0 aromatic rings. The average Bonchev–Trinajstić information content (AvgIpc) is 3.17. The quantitative estimate of drug-likeness (QED) is 0.0348. The summed E-state index contributed by atoms with van der Waals surface area (Å²) in [5, 5.41) is 0. The van der Waals surface area contributed by atoms with E-state index >= 15 is 0 Å². The third-order valence-electron chi connectivity index (χ3n) is 11.0. The summed E-state index contributed by atoms with van der Waals surface area (Å²) < 4.78 is 16.8. The summed E-state index contributed by atoms with van der Waals surface area (Å²) in [6, 6.07) is 0. The number of rotatable bonds is 44. The lowest BCUT2D eigenvalue weighted by Gasteiger charge is -2.18. The van der Waals surface area contributed by atoms with Gasteiger partial charge < -0.3 is 14.2 Å². The molecule has 0 unspecified atom stereocenters. The number of carbonyl (C=O) groups is 3. The first kappa shape index (κ1) is 53.4. The van der Waals surface area contributed by atoms with Crippen molar-refractivity contribution in [3.63, 3.8) is 0 Å². The van der Waals surface area contributed by atoms with Gasteiger partial charge >= 0.3 is 17.9 Å². The molecule has 0 heterocycles. The number of esters is 3. The van der Waals surface area contributed by atoms with Crippen molar-refractivity contribution in [2.45, 2.75) is 278 Å². The van der Waals surface area contributed by atoms with Crippen LogP contribution >= 0.6 is 0 Å². The molecule has 0 aliphatic carbocycles. The van der Waals surface area contributed by atoms with Gasteiger partial charge in [0.15, 0.2) is 6.10 Å². The Morgan fingerprint density at radius 3 is 0.891 bits per heavy atom. The lowest BCUT2D eigenvalue weighted by atomic mass is 10.0. The van der Waals surface area contributed by atoms with Crippen LogP contribution in [0.3, 0.4) is 0 Å². The van der Waals surface area contributed by atoms with Gasteiger partial charge in [-0.1, -0.05) is 233 Å². The van der Waals surface area contributed by atoms with Crippen molar-refractivity contribution < 1.29 is 28.6 Å². The van der Waals surface area contributed by atoms with E-state index < -0.39 is 6.10 Å². The molecular formula is C49H94O6. The largest absolute Gasteiger partial charge is 0.462 e. The molecule has 0 fully saturated rings. The third-order valence-corrected chi connectivity index (χ3v) is 11.0. The minimum absolute atomic E-state index is 0.0634. The molecule has 0 saturated heterocycles. The van der Waals surface area contributed by atoms with Crippen LogP contribution in [0.4, 0.5) is 0 Å². The van der Waals surface area contributed by atoms with Crippen LogP contribution in [0.15, 0.2) is 0 Å². The van der Waals surface area contributed by atoms with Crippen molar-refractivity contribution >= 4 is 17.9 Å². The van der Waals surface area contributed by atoms with Crippen molar-refractivity contribution in [3.05, 3.63) is 0 Å². The summed E-state index contributed by atoms with van der Waals surface area (Å²) in [5.41, 5.74) is 0. The highest BCUT2D eigenvalue weighted by Crippen LogP contribution is 2.16. The summed E-state index contributed by atoms with van der Waals surface area (Å²) in [6.45, 7) is 8.98. The zero-order valence-electron chi connectivity index (χ0n) is 37.4. The molecule has 0 N–H and O–H groups in total. The maximum absolute atomic E-state index is 12.7. The predicted molar refractivity (Wildman–Crippen MR) is 233 cm³/mol. The molecule has 6 nitrogen and oxygen atoms in total. The highest BCUT2D eigenvalue weighted by atomic mass is 16.6. The van der Waals surface area contributed by atoms with E-state index in [0.717, 1.165) is 63.7 Å². The number of hydrogen-bond acceptors (Lipinski definition) is 6. The second-order valence-corrected chi connectivity index (χ2v) is 17.2. The van der Waals surface area contributed by atoms with Gasteiger partial charge in [-0.25, -0.2) is 0 Å². The fraction of sp³-hybridized carbons (Fsp3) is 0.939. The van der Waals surface area contributed by atoms with Crippen LogP contribution < -0.4 is 0 Å². The van der Waals surface area contributed by atoms with E-state index in [4.69, 9.17) is 14.2 Å². The van der Waals surface area contributed by atoms with Crippen LogP contribution in [0.25, 0.3) is 0 Å². The first-order valence-electron chi connectivity index (χ1n) is 24.4. The first-order valence-corrected chi connectivity index (χ1v) is 24.4. The summed E-state index contributed by atoms with van der Waals surface area (Å²) in [7, 11) is 0. The maximum atomic E-state index is 12.7. The lowest BCUT2D eigenvalue weighted by Crippen LogP contribution is -2.30. The molecule has 0 aliphatic rings. The smallest absolute Gasteiger partial charge is 0.306 e. The summed E-state index contributed by atoms with van der Waals surface area (Å²) >= 11 is 0. The number of ether oxygens (including phenoxy) is 3. The summed E-state index contributed by atoms with van der Waals surface area (Å²) in [5.74, 6) is -0.0443. The zero-order chi connectivity index (χ0) is 40.3. The van der Waals surface area contributed by atoms with E-state index in [-0.39, 0.29) is 31.1 Å². The van der Waals surface area contributed by atoms with Gasteiger partial charge in [0.1, 0.15) is 13.2 Å². The van der Waals surface area contributed by atoms with E-state index in [1.165, 1.54) is 167 Å². The van der Waals surface area contributed by atoms with E-state index in [1.54, 1.807) is 0 Å². The minimum atomic E-state index is -0.759. The molecule has 0 rings (SSSR count). The zero-order valence-corrected chi connectivity index (χ0v) is 37.4. The molecule has 0 bridgehead atoms. The molecule has 1 atom stereocenters.